The highest BCUT2D eigenvalue weighted by molar-refractivity contribution is 9.10. The Morgan fingerprint density at radius 2 is 2.41 bits per heavy atom. The summed E-state index contributed by atoms with van der Waals surface area (Å²) in [6.07, 6.45) is -0.541. The number of amides is 1. The summed E-state index contributed by atoms with van der Waals surface area (Å²) in [4.78, 5) is 11.1. The maximum Gasteiger partial charge on any atom is 0.425 e. The van der Waals surface area contributed by atoms with Crippen molar-refractivity contribution < 1.29 is 9.53 Å². The molecule has 1 aromatic heterocycles. The van der Waals surface area contributed by atoms with Crippen molar-refractivity contribution in [2.45, 2.75) is 6.92 Å². The normalized spacial score (nSPS) is 10.2. The van der Waals surface area contributed by atoms with Crippen molar-refractivity contribution in [3.63, 3.8) is 0 Å². The first-order valence-corrected chi connectivity index (χ1v) is 5.82. The third kappa shape index (κ3) is 2.68. The molecule has 3 N–H and O–H groups in total. The molecular weight excluding hydrogens is 288 g/mol. The molecule has 0 atom stereocenters. The van der Waals surface area contributed by atoms with E-state index in [9.17, 15) is 4.79 Å². The van der Waals surface area contributed by atoms with Crippen molar-refractivity contribution in [3.8, 4) is 0 Å². The molecule has 7 heteroatoms. The third-order valence-electron chi connectivity index (χ3n) is 2.08. The second-order valence-electron chi connectivity index (χ2n) is 3.23. The lowest BCUT2D eigenvalue weighted by Gasteiger charge is -2.05. The van der Waals surface area contributed by atoms with Crippen molar-refractivity contribution in [1.82, 2.24) is 15.6 Å². The van der Waals surface area contributed by atoms with Crippen LogP contribution in [0.4, 0.5) is 10.6 Å². The van der Waals surface area contributed by atoms with E-state index in [2.05, 4.69) is 37.0 Å². The number of nitrogens with one attached hydrogen (secondary N) is 3. The Hall–Kier alpha value is -1.76. The fourth-order valence-corrected chi connectivity index (χ4v) is 1.73. The molecule has 1 aromatic carbocycles. The Balaban J connectivity index is 2.11. The monoisotopic (exact) mass is 298 g/mol. The Kier molecular flexibility index (Phi) is 3.48. The van der Waals surface area contributed by atoms with Crippen LogP contribution in [-0.4, -0.2) is 22.9 Å². The Bertz CT molecular complexity index is 540. The lowest BCUT2D eigenvalue weighted by Crippen LogP contribution is -2.30. The number of hydrazine groups is 1. The molecule has 0 bridgehead atoms. The zero-order valence-electron chi connectivity index (χ0n) is 9.08. The molecule has 0 aliphatic carbocycles. The van der Waals surface area contributed by atoms with Gasteiger partial charge in [0.05, 0.1) is 12.1 Å². The Morgan fingerprint density at radius 1 is 1.59 bits per heavy atom. The topological polar surface area (TPSA) is 79.0 Å². The van der Waals surface area contributed by atoms with Gasteiger partial charge in [0, 0.05) is 9.86 Å². The number of anilines is 1. The van der Waals surface area contributed by atoms with Crippen molar-refractivity contribution in [2.75, 3.05) is 12.0 Å². The number of benzene rings is 1. The van der Waals surface area contributed by atoms with Gasteiger partial charge in [0.1, 0.15) is 0 Å². The summed E-state index contributed by atoms with van der Waals surface area (Å²) in [6, 6.07) is 5.68. The lowest BCUT2D eigenvalue weighted by atomic mass is 10.2. The first-order chi connectivity index (χ1) is 8.20. The number of ether oxygens (including phenoxy) is 1. The molecule has 0 saturated carbocycles. The third-order valence-corrected chi connectivity index (χ3v) is 2.58. The van der Waals surface area contributed by atoms with Gasteiger partial charge in [0.15, 0.2) is 5.82 Å². The summed E-state index contributed by atoms with van der Waals surface area (Å²) < 4.78 is 5.67. The van der Waals surface area contributed by atoms with Gasteiger partial charge in [-0.05, 0) is 25.1 Å². The number of carbonyl (C=O) groups excluding carboxylic acids is 1. The van der Waals surface area contributed by atoms with E-state index >= 15 is 0 Å². The van der Waals surface area contributed by atoms with Crippen LogP contribution in [0.25, 0.3) is 10.9 Å². The van der Waals surface area contributed by atoms with E-state index in [0.29, 0.717) is 12.4 Å². The lowest BCUT2D eigenvalue weighted by molar-refractivity contribution is 0.154. The minimum atomic E-state index is -0.541. The molecule has 0 unspecified atom stereocenters. The van der Waals surface area contributed by atoms with Gasteiger partial charge in [0.2, 0.25) is 0 Å². The molecule has 0 fully saturated rings. The summed E-state index contributed by atoms with van der Waals surface area (Å²) >= 11 is 3.37. The summed E-state index contributed by atoms with van der Waals surface area (Å²) in [5.41, 5.74) is 5.94. The van der Waals surface area contributed by atoms with Crippen LogP contribution in [0.5, 0.6) is 0 Å². The van der Waals surface area contributed by atoms with Crippen molar-refractivity contribution in [1.29, 1.82) is 0 Å². The van der Waals surface area contributed by atoms with Gasteiger partial charge in [-0.1, -0.05) is 15.9 Å². The fraction of sp³-hybridized carbons (Fsp3) is 0.200. The van der Waals surface area contributed by atoms with Gasteiger partial charge < -0.3 is 4.74 Å². The van der Waals surface area contributed by atoms with Gasteiger partial charge in [0.25, 0.3) is 0 Å². The summed E-state index contributed by atoms with van der Waals surface area (Å²) in [6.45, 7) is 2.06. The highest BCUT2D eigenvalue weighted by atomic mass is 79.9. The first kappa shape index (κ1) is 11.7. The second-order valence-corrected chi connectivity index (χ2v) is 4.15. The van der Waals surface area contributed by atoms with Crippen LogP contribution < -0.4 is 10.9 Å². The first-order valence-electron chi connectivity index (χ1n) is 5.03. The molecule has 1 amide bonds. The summed E-state index contributed by atoms with van der Waals surface area (Å²) in [7, 11) is 0. The molecule has 90 valence electrons. The molecule has 2 aromatic rings. The number of hydrogen-bond acceptors (Lipinski definition) is 4. The summed E-state index contributed by atoms with van der Waals surface area (Å²) in [5.74, 6) is 0.542. The van der Waals surface area contributed by atoms with E-state index in [1.807, 2.05) is 18.2 Å². The molecule has 0 saturated heterocycles. The van der Waals surface area contributed by atoms with E-state index in [0.717, 1.165) is 15.4 Å². The largest absolute Gasteiger partial charge is 0.449 e. The van der Waals surface area contributed by atoms with Crippen LogP contribution in [0.2, 0.25) is 0 Å². The number of halogens is 1. The van der Waals surface area contributed by atoms with Crippen LogP contribution in [-0.2, 0) is 4.74 Å². The smallest absolute Gasteiger partial charge is 0.425 e. The molecule has 0 radical (unpaired) electrons. The van der Waals surface area contributed by atoms with Crippen molar-refractivity contribution in [2.24, 2.45) is 0 Å². The zero-order chi connectivity index (χ0) is 12.3. The highest BCUT2D eigenvalue weighted by Gasteiger charge is 2.06. The molecule has 2 rings (SSSR count). The number of fused-ring (bicyclic) bond motifs is 1. The van der Waals surface area contributed by atoms with E-state index in [-0.39, 0.29) is 0 Å². The van der Waals surface area contributed by atoms with E-state index in [1.54, 1.807) is 6.92 Å². The van der Waals surface area contributed by atoms with Crippen molar-refractivity contribution in [3.05, 3.63) is 22.7 Å². The van der Waals surface area contributed by atoms with Crippen LogP contribution in [0.3, 0.4) is 0 Å². The maximum atomic E-state index is 11.1. The zero-order valence-corrected chi connectivity index (χ0v) is 10.7. The SMILES string of the molecule is CCOC(=O)NNc1n[nH]c2cc(Br)ccc12. The molecule has 1 heterocycles. The minimum absolute atomic E-state index is 0.321. The number of hydrogen-bond donors (Lipinski definition) is 3. The van der Waals surface area contributed by atoms with Crippen LogP contribution in [0, 0.1) is 0 Å². The number of carbonyl (C=O) groups is 1. The Labute approximate surface area is 106 Å². The van der Waals surface area contributed by atoms with E-state index < -0.39 is 6.09 Å². The van der Waals surface area contributed by atoms with Crippen molar-refractivity contribution >= 4 is 38.7 Å². The number of rotatable bonds is 3. The van der Waals surface area contributed by atoms with Gasteiger partial charge in [-0.2, -0.15) is 5.10 Å². The number of aromatic amines is 1. The molecular formula is C10H11BrN4O2. The van der Waals surface area contributed by atoms with Crippen LogP contribution in [0.1, 0.15) is 6.92 Å². The molecule has 0 spiro atoms. The average Bonchev–Trinajstić information content (AvgIpc) is 2.69. The van der Waals surface area contributed by atoms with Gasteiger partial charge in [-0.25, -0.2) is 10.2 Å². The maximum absolute atomic E-state index is 11.1. The molecule has 6 nitrogen and oxygen atoms in total. The average molecular weight is 299 g/mol. The number of H-pyrrole nitrogens is 1. The second kappa shape index (κ2) is 5.05. The van der Waals surface area contributed by atoms with Crippen LogP contribution in [0.15, 0.2) is 22.7 Å². The minimum Gasteiger partial charge on any atom is -0.449 e. The molecule has 17 heavy (non-hydrogen) atoms. The summed E-state index contributed by atoms with van der Waals surface area (Å²) in [5, 5.41) is 7.77. The number of aromatic nitrogens is 2. The standard InChI is InChI=1S/C10H11BrN4O2/c1-2-17-10(16)15-14-9-7-4-3-6(11)5-8(7)12-13-9/h3-5H,2H2,1H3,(H,15,16)(H2,12,13,14). The predicted octanol–water partition coefficient (Wildman–Crippen LogP) is 2.40. The molecule has 0 aliphatic rings. The van der Waals surface area contributed by atoms with Gasteiger partial charge in [-0.3, -0.25) is 10.5 Å². The molecule has 0 aliphatic heterocycles. The van der Waals surface area contributed by atoms with Gasteiger partial charge >= 0.3 is 6.09 Å². The highest BCUT2D eigenvalue weighted by Crippen LogP contribution is 2.23. The van der Waals surface area contributed by atoms with Crippen LogP contribution >= 0.6 is 15.9 Å². The Morgan fingerprint density at radius 3 is 3.18 bits per heavy atom. The fourth-order valence-electron chi connectivity index (χ4n) is 1.36. The predicted molar refractivity (Wildman–Crippen MR) is 67.6 cm³/mol. The van der Waals surface area contributed by atoms with Gasteiger partial charge in [-0.15, -0.1) is 0 Å². The quantitative estimate of drug-likeness (QED) is 0.760. The number of nitrogens with zero attached hydrogens (tertiary/aromatic N) is 1. The van der Waals surface area contributed by atoms with E-state index in [4.69, 9.17) is 4.74 Å². The van der Waals surface area contributed by atoms with E-state index in [1.165, 1.54) is 0 Å².